The maximum Gasteiger partial charge on any atom is 0.263 e. The number of hydrogen-bond donors (Lipinski definition) is 3. The monoisotopic (exact) mass is 390 g/mol. The minimum absolute atomic E-state index is 0.0170. The zero-order valence-corrected chi connectivity index (χ0v) is 15.7. The fourth-order valence-electron chi connectivity index (χ4n) is 3.22. The van der Waals surface area contributed by atoms with Crippen LogP contribution in [0.2, 0.25) is 0 Å². The quantitative estimate of drug-likeness (QED) is 0.646. The van der Waals surface area contributed by atoms with Crippen LogP contribution in [0.4, 0.5) is 0 Å². The first-order valence-corrected chi connectivity index (χ1v) is 9.69. The Balaban J connectivity index is 1.52. The second-order valence-electron chi connectivity index (χ2n) is 6.67. The van der Waals surface area contributed by atoms with Gasteiger partial charge in [-0.2, -0.15) is 0 Å². The van der Waals surface area contributed by atoms with Gasteiger partial charge in [0.25, 0.3) is 11.5 Å². The summed E-state index contributed by atoms with van der Waals surface area (Å²) >= 11 is 1.51. The summed E-state index contributed by atoms with van der Waals surface area (Å²) in [5.74, 6) is -1.05. The number of aliphatic hydroxyl groups excluding tert-OH is 1. The van der Waals surface area contributed by atoms with E-state index in [-0.39, 0.29) is 23.8 Å². The summed E-state index contributed by atoms with van der Waals surface area (Å²) in [5.41, 5.74) is 2.29. The molecule has 0 saturated heterocycles. The molecule has 1 fully saturated rings. The normalized spacial score (nSPS) is 21.8. The molecule has 27 heavy (non-hydrogen) atoms. The number of aryl methyl sites for hydroxylation is 1. The molecule has 2 amide bonds. The minimum Gasteiger partial charge on any atom is -0.391 e. The van der Waals surface area contributed by atoms with Crippen molar-refractivity contribution in [2.75, 3.05) is 6.54 Å². The highest BCUT2D eigenvalue weighted by Crippen LogP contribution is 2.26. The van der Waals surface area contributed by atoms with Gasteiger partial charge in [0.15, 0.2) is 0 Å². The molecule has 8 nitrogen and oxygen atoms in total. The topological polar surface area (TPSA) is 113 Å². The van der Waals surface area contributed by atoms with Crippen LogP contribution in [0.15, 0.2) is 34.0 Å². The number of carbonyl (C=O) groups excluding carboxylic acids is 2. The largest absolute Gasteiger partial charge is 0.391 e. The SMILES string of the molecule is Cn1cccc(C(=O)N[C@H]2C[C@H](C(=O)NCCc3cscn3)C[C@@H]2O)c1=O. The molecule has 0 unspecified atom stereocenters. The van der Waals surface area contributed by atoms with Crippen LogP contribution in [-0.4, -0.2) is 45.2 Å². The number of nitrogens with zero attached hydrogens (tertiary/aromatic N) is 2. The molecular formula is C18H22N4O4S. The number of thiazole rings is 1. The van der Waals surface area contributed by atoms with E-state index in [4.69, 9.17) is 0 Å². The van der Waals surface area contributed by atoms with Gasteiger partial charge in [-0.25, -0.2) is 4.98 Å². The Labute approximate surface area is 160 Å². The zero-order valence-electron chi connectivity index (χ0n) is 14.9. The van der Waals surface area contributed by atoms with Crippen molar-refractivity contribution in [3.8, 4) is 0 Å². The van der Waals surface area contributed by atoms with Gasteiger partial charge in [0, 0.05) is 37.5 Å². The van der Waals surface area contributed by atoms with Gasteiger partial charge in [-0.1, -0.05) is 0 Å². The number of hydrogen-bond acceptors (Lipinski definition) is 6. The summed E-state index contributed by atoms with van der Waals surface area (Å²) in [6.07, 6.45) is 2.01. The second kappa shape index (κ2) is 8.45. The van der Waals surface area contributed by atoms with Gasteiger partial charge < -0.3 is 20.3 Å². The fourth-order valence-corrected chi connectivity index (χ4v) is 3.81. The molecular weight excluding hydrogens is 368 g/mol. The lowest BCUT2D eigenvalue weighted by molar-refractivity contribution is -0.125. The van der Waals surface area contributed by atoms with Gasteiger partial charge in [-0.3, -0.25) is 14.4 Å². The first kappa shape index (κ1) is 19.2. The summed E-state index contributed by atoms with van der Waals surface area (Å²) in [7, 11) is 1.56. The van der Waals surface area contributed by atoms with E-state index in [0.29, 0.717) is 19.4 Å². The summed E-state index contributed by atoms with van der Waals surface area (Å²) in [6, 6.07) is 2.50. The Morgan fingerprint density at radius 2 is 2.22 bits per heavy atom. The molecule has 3 atom stereocenters. The molecule has 1 aliphatic carbocycles. The van der Waals surface area contributed by atoms with Crippen molar-refractivity contribution in [1.82, 2.24) is 20.2 Å². The summed E-state index contributed by atoms with van der Waals surface area (Å²) < 4.78 is 1.32. The van der Waals surface area contributed by atoms with Crippen molar-refractivity contribution >= 4 is 23.2 Å². The highest BCUT2D eigenvalue weighted by atomic mass is 32.1. The maximum absolute atomic E-state index is 12.4. The van der Waals surface area contributed by atoms with Gasteiger partial charge in [0.05, 0.1) is 23.4 Å². The van der Waals surface area contributed by atoms with E-state index >= 15 is 0 Å². The number of nitrogens with one attached hydrogen (secondary N) is 2. The average Bonchev–Trinajstić information content (AvgIpc) is 3.27. The predicted octanol–water partition coefficient (Wildman–Crippen LogP) is 0.0700. The minimum atomic E-state index is -0.823. The number of aromatic nitrogens is 2. The number of aliphatic hydroxyl groups is 1. The number of rotatable bonds is 6. The molecule has 3 rings (SSSR count). The van der Waals surface area contributed by atoms with Crippen molar-refractivity contribution in [3.05, 3.63) is 50.8 Å². The first-order chi connectivity index (χ1) is 13.0. The smallest absolute Gasteiger partial charge is 0.263 e. The average molecular weight is 390 g/mol. The molecule has 2 aromatic heterocycles. The summed E-state index contributed by atoms with van der Waals surface area (Å²) in [5, 5.41) is 17.7. The molecule has 0 aliphatic heterocycles. The Bertz CT molecular complexity index is 864. The van der Waals surface area contributed by atoms with Crippen LogP contribution in [0.25, 0.3) is 0 Å². The second-order valence-corrected chi connectivity index (χ2v) is 7.39. The van der Waals surface area contributed by atoms with Crippen molar-refractivity contribution in [3.63, 3.8) is 0 Å². The van der Waals surface area contributed by atoms with Crippen LogP contribution < -0.4 is 16.2 Å². The zero-order chi connectivity index (χ0) is 19.4. The van der Waals surface area contributed by atoms with Crippen LogP contribution in [0.3, 0.4) is 0 Å². The fraction of sp³-hybridized carbons (Fsp3) is 0.444. The molecule has 0 aromatic carbocycles. The van der Waals surface area contributed by atoms with E-state index < -0.39 is 23.6 Å². The van der Waals surface area contributed by atoms with E-state index in [1.54, 1.807) is 24.8 Å². The third kappa shape index (κ3) is 4.61. The number of amides is 2. The van der Waals surface area contributed by atoms with E-state index in [2.05, 4.69) is 15.6 Å². The van der Waals surface area contributed by atoms with Crippen LogP contribution in [-0.2, 0) is 18.3 Å². The maximum atomic E-state index is 12.4. The number of carbonyl (C=O) groups is 2. The van der Waals surface area contributed by atoms with Crippen molar-refractivity contribution in [2.45, 2.75) is 31.4 Å². The Morgan fingerprint density at radius 3 is 2.96 bits per heavy atom. The van der Waals surface area contributed by atoms with Gasteiger partial charge in [0.1, 0.15) is 5.56 Å². The highest BCUT2D eigenvalue weighted by Gasteiger charge is 2.37. The summed E-state index contributed by atoms with van der Waals surface area (Å²) in [6.45, 7) is 0.478. The standard InChI is InChI=1S/C18H22N4O4S/c1-22-6-2-3-13(18(22)26)17(25)21-14-7-11(8-15(14)23)16(24)19-5-4-12-9-27-10-20-12/h2-3,6,9-11,14-15,23H,4-5,7-8H2,1H3,(H,19,24)(H,21,25)/t11-,14-,15-/m0/s1. The van der Waals surface area contributed by atoms with Gasteiger partial charge >= 0.3 is 0 Å². The molecule has 2 heterocycles. The molecule has 0 spiro atoms. The third-order valence-electron chi connectivity index (χ3n) is 4.75. The molecule has 1 aliphatic rings. The van der Waals surface area contributed by atoms with Crippen LogP contribution >= 0.6 is 11.3 Å². The Hall–Kier alpha value is -2.52. The molecule has 144 valence electrons. The molecule has 9 heteroatoms. The molecule has 0 bridgehead atoms. The van der Waals surface area contributed by atoms with Gasteiger partial charge in [-0.05, 0) is 25.0 Å². The third-order valence-corrected chi connectivity index (χ3v) is 5.38. The van der Waals surface area contributed by atoms with Crippen molar-refractivity contribution < 1.29 is 14.7 Å². The van der Waals surface area contributed by atoms with Crippen molar-refractivity contribution in [1.29, 1.82) is 0 Å². The van der Waals surface area contributed by atoms with Crippen molar-refractivity contribution in [2.24, 2.45) is 13.0 Å². The van der Waals surface area contributed by atoms with Gasteiger partial charge in [-0.15, -0.1) is 11.3 Å². The molecule has 3 N–H and O–H groups in total. The lowest BCUT2D eigenvalue weighted by Crippen LogP contribution is -2.42. The van der Waals surface area contributed by atoms with Crippen LogP contribution in [0.1, 0.15) is 28.9 Å². The van der Waals surface area contributed by atoms with Gasteiger partial charge in [0.2, 0.25) is 5.91 Å². The molecule has 1 saturated carbocycles. The predicted molar refractivity (Wildman–Crippen MR) is 100 cm³/mol. The molecule has 0 radical (unpaired) electrons. The highest BCUT2D eigenvalue weighted by molar-refractivity contribution is 7.07. The lowest BCUT2D eigenvalue weighted by Gasteiger charge is -2.16. The van der Waals surface area contributed by atoms with E-state index in [0.717, 1.165) is 5.69 Å². The Morgan fingerprint density at radius 1 is 1.41 bits per heavy atom. The van der Waals surface area contributed by atoms with E-state index in [9.17, 15) is 19.5 Å². The summed E-state index contributed by atoms with van der Waals surface area (Å²) in [4.78, 5) is 40.9. The van der Waals surface area contributed by atoms with E-state index in [1.165, 1.54) is 22.0 Å². The van der Waals surface area contributed by atoms with E-state index in [1.807, 2.05) is 5.38 Å². The number of pyridine rings is 1. The van der Waals surface area contributed by atoms with Crippen LogP contribution in [0, 0.1) is 5.92 Å². The first-order valence-electron chi connectivity index (χ1n) is 8.75. The van der Waals surface area contributed by atoms with Crippen LogP contribution in [0.5, 0.6) is 0 Å². The Kier molecular flexibility index (Phi) is 6.02. The molecule has 2 aromatic rings. The lowest BCUT2D eigenvalue weighted by atomic mass is 10.1.